The van der Waals surface area contributed by atoms with Crippen molar-refractivity contribution in [2.75, 3.05) is 12.9 Å². The molecule has 18 heavy (non-hydrogen) atoms. The van der Waals surface area contributed by atoms with Crippen molar-refractivity contribution >= 4 is 9.84 Å². The Morgan fingerprint density at radius 2 is 2.28 bits per heavy atom. The summed E-state index contributed by atoms with van der Waals surface area (Å²) < 4.78 is 24.9. The molecule has 0 saturated heterocycles. The summed E-state index contributed by atoms with van der Waals surface area (Å²) in [6.07, 6.45) is 6.80. The summed E-state index contributed by atoms with van der Waals surface area (Å²) >= 11 is 0. The molecule has 0 aliphatic heterocycles. The van der Waals surface area contributed by atoms with E-state index in [1.165, 1.54) is 6.26 Å². The molecule has 2 rings (SSSR count). The Morgan fingerprint density at radius 3 is 2.94 bits per heavy atom. The Labute approximate surface area is 107 Å². The molecule has 1 aliphatic rings. The number of hydrogen-bond acceptors (Lipinski definition) is 5. The summed E-state index contributed by atoms with van der Waals surface area (Å²) in [5, 5.41) is 16.6. The average Bonchev–Trinajstić information content (AvgIpc) is 2.77. The third kappa shape index (κ3) is 3.08. The number of aliphatic hydroxyl groups is 1. The van der Waals surface area contributed by atoms with Gasteiger partial charge in [-0.1, -0.05) is 11.6 Å². The minimum atomic E-state index is -2.97. The molecule has 0 spiro atoms. The normalized spacial score (nSPS) is 25.2. The molecule has 1 aromatic heterocycles. The number of rotatable bonds is 4. The Bertz CT molecular complexity index is 497. The van der Waals surface area contributed by atoms with Crippen molar-refractivity contribution in [3.63, 3.8) is 0 Å². The van der Waals surface area contributed by atoms with E-state index >= 15 is 0 Å². The van der Waals surface area contributed by atoms with E-state index in [4.69, 9.17) is 5.11 Å². The molecule has 1 aliphatic carbocycles. The van der Waals surface area contributed by atoms with Gasteiger partial charge in [0.1, 0.15) is 9.84 Å². The lowest BCUT2D eigenvalue weighted by Gasteiger charge is -2.27. The van der Waals surface area contributed by atoms with Crippen LogP contribution in [0.1, 0.15) is 37.4 Å². The lowest BCUT2D eigenvalue weighted by atomic mass is 9.95. The Kier molecular flexibility index (Phi) is 4.01. The van der Waals surface area contributed by atoms with E-state index in [1.54, 1.807) is 4.68 Å². The smallest absolute Gasteiger partial charge is 0.150 e. The molecular weight excluding hydrogens is 254 g/mol. The number of hydrogen-bond donors (Lipinski definition) is 1. The number of aromatic nitrogens is 3. The summed E-state index contributed by atoms with van der Waals surface area (Å²) in [5.41, 5.74) is 0.749. The first-order valence-corrected chi connectivity index (χ1v) is 8.16. The molecule has 0 bridgehead atoms. The zero-order chi connectivity index (χ0) is 13.2. The van der Waals surface area contributed by atoms with Gasteiger partial charge in [0.15, 0.2) is 0 Å². The number of sulfone groups is 1. The quantitative estimate of drug-likeness (QED) is 0.855. The summed E-state index contributed by atoms with van der Waals surface area (Å²) in [7, 11) is -2.97. The summed E-state index contributed by atoms with van der Waals surface area (Å²) in [4.78, 5) is 0. The van der Waals surface area contributed by atoms with E-state index in [0.717, 1.165) is 25.0 Å². The molecule has 6 nitrogen and oxygen atoms in total. The van der Waals surface area contributed by atoms with Gasteiger partial charge in [-0.3, -0.25) is 0 Å². The number of aliphatic hydroxyl groups excluding tert-OH is 1. The first-order valence-electron chi connectivity index (χ1n) is 6.21. The van der Waals surface area contributed by atoms with Crippen LogP contribution in [0.2, 0.25) is 0 Å². The average molecular weight is 273 g/mol. The predicted molar refractivity (Wildman–Crippen MR) is 66.9 cm³/mol. The van der Waals surface area contributed by atoms with E-state index in [0.29, 0.717) is 12.8 Å². The molecule has 1 saturated carbocycles. The van der Waals surface area contributed by atoms with Gasteiger partial charge in [0, 0.05) is 25.5 Å². The highest BCUT2D eigenvalue weighted by atomic mass is 32.2. The monoisotopic (exact) mass is 273 g/mol. The molecule has 2 unspecified atom stereocenters. The molecule has 7 heteroatoms. The second-order valence-corrected chi connectivity index (χ2v) is 7.26. The lowest BCUT2D eigenvalue weighted by molar-refractivity contribution is 0.298. The first kappa shape index (κ1) is 13.5. The Hall–Kier alpha value is -0.950. The van der Waals surface area contributed by atoms with E-state index in [1.807, 2.05) is 6.20 Å². The highest BCUT2D eigenvalue weighted by Crippen LogP contribution is 2.31. The molecule has 1 aromatic rings. The lowest BCUT2D eigenvalue weighted by Crippen LogP contribution is -2.29. The predicted octanol–water partition coefficient (Wildman–Crippen LogP) is 0.341. The largest absolute Gasteiger partial charge is 0.396 e. The SMILES string of the molecule is CS(=O)(=O)C1CCCC(n2cc(CCO)nn2)C1. The van der Waals surface area contributed by atoms with Crippen LogP contribution in [0.25, 0.3) is 0 Å². The van der Waals surface area contributed by atoms with Gasteiger partial charge in [-0.15, -0.1) is 5.10 Å². The fourth-order valence-electron chi connectivity index (χ4n) is 2.47. The zero-order valence-electron chi connectivity index (χ0n) is 10.5. The molecule has 2 atom stereocenters. The van der Waals surface area contributed by atoms with Crippen LogP contribution >= 0.6 is 0 Å². The van der Waals surface area contributed by atoms with E-state index in [2.05, 4.69) is 10.3 Å². The molecular formula is C11H19N3O3S. The van der Waals surface area contributed by atoms with Crippen LogP contribution in [-0.4, -0.2) is 46.6 Å². The van der Waals surface area contributed by atoms with Crippen LogP contribution in [0.3, 0.4) is 0 Å². The van der Waals surface area contributed by atoms with Gasteiger partial charge in [0.2, 0.25) is 0 Å². The minimum absolute atomic E-state index is 0.0509. The Balaban J connectivity index is 2.08. The maximum absolute atomic E-state index is 11.6. The van der Waals surface area contributed by atoms with Crippen LogP contribution in [0, 0.1) is 0 Å². The van der Waals surface area contributed by atoms with Crippen molar-refractivity contribution < 1.29 is 13.5 Å². The zero-order valence-corrected chi connectivity index (χ0v) is 11.3. The van der Waals surface area contributed by atoms with Gasteiger partial charge in [0.25, 0.3) is 0 Å². The van der Waals surface area contributed by atoms with Gasteiger partial charge in [-0.2, -0.15) is 0 Å². The maximum Gasteiger partial charge on any atom is 0.150 e. The molecule has 0 amide bonds. The van der Waals surface area contributed by atoms with Crippen molar-refractivity contribution in [1.29, 1.82) is 0 Å². The molecule has 0 radical (unpaired) electrons. The van der Waals surface area contributed by atoms with Gasteiger partial charge >= 0.3 is 0 Å². The number of nitrogens with zero attached hydrogens (tertiary/aromatic N) is 3. The second kappa shape index (κ2) is 5.36. The summed E-state index contributed by atoms with van der Waals surface area (Å²) in [6.45, 7) is 0.0509. The topological polar surface area (TPSA) is 85.1 Å². The first-order chi connectivity index (χ1) is 8.50. The van der Waals surface area contributed by atoms with Crippen LogP contribution in [-0.2, 0) is 16.3 Å². The van der Waals surface area contributed by atoms with Crippen LogP contribution in [0.15, 0.2) is 6.20 Å². The fourth-order valence-corrected chi connectivity index (χ4v) is 3.64. The van der Waals surface area contributed by atoms with E-state index in [-0.39, 0.29) is 17.9 Å². The second-order valence-electron chi connectivity index (χ2n) is 4.94. The summed E-state index contributed by atoms with van der Waals surface area (Å²) in [5.74, 6) is 0. The summed E-state index contributed by atoms with van der Waals surface area (Å²) in [6, 6.07) is 0.110. The van der Waals surface area contributed by atoms with E-state index in [9.17, 15) is 8.42 Å². The molecule has 1 heterocycles. The van der Waals surface area contributed by atoms with Crippen LogP contribution < -0.4 is 0 Å². The standard InChI is InChI=1S/C11H19N3O3S/c1-18(16,17)11-4-2-3-10(7-11)14-8-9(5-6-15)12-13-14/h8,10-11,15H,2-7H2,1H3. The van der Waals surface area contributed by atoms with Crippen LogP contribution in [0.5, 0.6) is 0 Å². The van der Waals surface area contributed by atoms with Crippen molar-refractivity contribution in [3.8, 4) is 0 Å². The highest BCUT2D eigenvalue weighted by Gasteiger charge is 2.30. The van der Waals surface area contributed by atoms with Crippen molar-refractivity contribution in [3.05, 3.63) is 11.9 Å². The Morgan fingerprint density at radius 1 is 1.50 bits per heavy atom. The minimum Gasteiger partial charge on any atom is -0.396 e. The van der Waals surface area contributed by atoms with Gasteiger partial charge in [0.05, 0.1) is 17.0 Å². The van der Waals surface area contributed by atoms with Crippen molar-refractivity contribution in [1.82, 2.24) is 15.0 Å². The molecule has 102 valence electrons. The van der Waals surface area contributed by atoms with Gasteiger partial charge in [-0.25, -0.2) is 13.1 Å². The van der Waals surface area contributed by atoms with Gasteiger partial charge in [-0.05, 0) is 19.3 Å². The van der Waals surface area contributed by atoms with E-state index < -0.39 is 9.84 Å². The van der Waals surface area contributed by atoms with Crippen molar-refractivity contribution in [2.45, 2.75) is 43.4 Å². The molecule has 1 fully saturated rings. The third-order valence-corrected chi connectivity index (χ3v) is 5.14. The highest BCUT2D eigenvalue weighted by molar-refractivity contribution is 7.91. The van der Waals surface area contributed by atoms with Gasteiger partial charge < -0.3 is 5.11 Å². The maximum atomic E-state index is 11.6. The van der Waals surface area contributed by atoms with Crippen LogP contribution in [0.4, 0.5) is 0 Å². The van der Waals surface area contributed by atoms with Crippen molar-refractivity contribution in [2.24, 2.45) is 0 Å². The molecule has 1 N–H and O–H groups in total. The fraction of sp³-hybridized carbons (Fsp3) is 0.818. The third-order valence-electron chi connectivity index (χ3n) is 3.50. The molecule has 0 aromatic carbocycles.